The lowest BCUT2D eigenvalue weighted by Gasteiger charge is -2.18. The summed E-state index contributed by atoms with van der Waals surface area (Å²) in [6.45, 7) is 4.53. The smallest absolute Gasteiger partial charge is 0.253 e. The van der Waals surface area contributed by atoms with E-state index in [1.165, 1.54) is 0 Å². The maximum Gasteiger partial charge on any atom is 0.253 e. The molecule has 0 aromatic heterocycles. The Labute approximate surface area is 114 Å². The molecule has 0 heterocycles. The quantitative estimate of drug-likeness (QED) is 0.769. The number of hydrogen-bond acceptors (Lipinski definition) is 2. The first-order chi connectivity index (χ1) is 8.45. The zero-order chi connectivity index (χ0) is 13.7. The normalized spacial score (nSPS) is 12.1. The van der Waals surface area contributed by atoms with Crippen LogP contribution in [0.2, 0.25) is 0 Å². The van der Waals surface area contributed by atoms with Gasteiger partial charge in [0.15, 0.2) is 0 Å². The molecular formula is C14H20ClNO2. The first-order valence-electron chi connectivity index (χ1n) is 6.00. The van der Waals surface area contributed by atoms with E-state index < -0.39 is 0 Å². The fraction of sp³-hybridized carbons (Fsp3) is 0.500. The molecular weight excluding hydrogens is 250 g/mol. The highest BCUT2D eigenvalue weighted by molar-refractivity contribution is 6.20. The van der Waals surface area contributed by atoms with Crippen LogP contribution in [0.1, 0.15) is 29.3 Å². The number of aryl methyl sites for hydroxylation is 1. The summed E-state index contributed by atoms with van der Waals surface area (Å²) in [6.07, 6.45) is 0.785. The van der Waals surface area contributed by atoms with Gasteiger partial charge in [-0.05, 0) is 38.0 Å². The Kier molecular flexibility index (Phi) is 5.48. The maximum atomic E-state index is 12.2. The Morgan fingerprint density at radius 2 is 2.17 bits per heavy atom. The number of hydrogen-bond donors (Lipinski definition) is 0. The van der Waals surface area contributed by atoms with Crippen LogP contribution in [-0.2, 0) is 0 Å². The Morgan fingerprint density at radius 1 is 1.50 bits per heavy atom. The van der Waals surface area contributed by atoms with Crippen LogP contribution in [0.25, 0.3) is 0 Å². The fourth-order valence-corrected chi connectivity index (χ4v) is 1.74. The third-order valence-corrected chi connectivity index (χ3v) is 3.08. The Bertz CT molecular complexity index is 418. The number of amides is 1. The van der Waals surface area contributed by atoms with Gasteiger partial charge in [0.2, 0.25) is 0 Å². The first kappa shape index (κ1) is 14.8. The van der Waals surface area contributed by atoms with Crippen LogP contribution in [0.4, 0.5) is 0 Å². The van der Waals surface area contributed by atoms with Crippen LogP contribution in [0, 0.1) is 6.92 Å². The van der Waals surface area contributed by atoms with Crippen molar-refractivity contribution in [3.8, 4) is 5.75 Å². The van der Waals surface area contributed by atoms with Gasteiger partial charge in [-0.15, -0.1) is 11.6 Å². The lowest BCUT2D eigenvalue weighted by molar-refractivity contribution is 0.0793. The topological polar surface area (TPSA) is 29.5 Å². The molecule has 0 radical (unpaired) electrons. The van der Waals surface area contributed by atoms with E-state index in [-0.39, 0.29) is 11.3 Å². The lowest BCUT2D eigenvalue weighted by atomic mass is 10.1. The molecule has 1 amide bonds. The van der Waals surface area contributed by atoms with E-state index in [9.17, 15) is 4.79 Å². The Balaban J connectivity index is 2.77. The maximum absolute atomic E-state index is 12.2. The summed E-state index contributed by atoms with van der Waals surface area (Å²) in [6, 6.07) is 5.49. The molecule has 0 aliphatic rings. The number of halogens is 1. The number of nitrogens with zero attached hydrogens (tertiary/aromatic N) is 1. The molecule has 4 heteroatoms. The predicted octanol–water partition coefficient (Wildman–Crippen LogP) is 3.09. The molecule has 1 atom stereocenters. The minimum Gasteiger partial charge on any atom is -0.496 e. The highest BCUT2D eigenvalue weighted by atomic mass is 35.5. The van der Waals surface area contributed by atoms with Crippen LogP contribution < -0.4 is 4.74 Å². The molecule has 0 saturated heterocycles. The van der Waals surface area contributed by atoms with Gasteiger partial charge in [-0.3, -0.25) is 4.79 Å². The molecule has 1 unspecified atom stereocenters. The number of carbonyl (C=O) groups excluding carboxylic acids is 1. The van der Waals surface area contributed by atoms with Crippen molar-refractivity contribution >= 4 is 17.5 Å². The molecule has 0 saturated carbocycles. The van der Waals surface area contributed by atoms with E-state index in [0.29, 0.717) is 12.1 Å². The molecule has 0 fully saturated rings. The second-order valence-corrected chi connectivity index (χ2v) is 5.23. The van der Waals surface area contributed by atoms with Gasteiger partial charge in [0.1, 0.15) is 5.75 Å². The summed E-state index contributed by atoms with van der Waals surface area (Å²) in [5.74, 6) is 0.727. The van der Waals surface area contributed by atoms with E-state index in [1.807, 2.05) is 26.0 Å². The van der Waals surface area contributed by atoms with Gasteiger partial charge in [0.05, 0.1) is 7.11 Å². The number of ether oxygens (including phenoxy) is 1. The third-order valence-electron chi connectivity index (χ3n) is 2.86. The SMILES string of the molecule is COc1cc(C(=O)N(C)CCC(C)Cl)ccc1C. The Hall–Kier alpha value is -1.22. The van der Waals surface area contributed by atoms with Crippen molar-refractivity contribution in [3.05, 3.63) is 29.3 Å². The van der Waals surface area contributed by atoms with Gasteiger partial charge in [-0.1, -0.05) is 6.07 Å². The van der Waals surface area contributed by atoms with Crippen LogP contribution >= 0.6 is 11.6 Å². The molecule has 0 bridgehead atoms. The number of carbonyl (C=O) groups is 1. The van der Waals surface area contributed by atoms with Crippen molar-refractivity contribution in [3.63, 3.8) is 0 Å². The first-order valence-corrected chi connectivity index (χ1v) is 6.43. The molecule has 18 heavy (non-hydrogen) atoms. The molecule has 1 aromatic rings. The van der Waals surface area contributed by atoms with E-state index in [1.54, 1.807) is 25.1 Å². The van der Waals surface area contributed by atoms with E-state index in [0.717, 1.165) is 17.7 Å². The molecule has 100 valence electrons. The molecule has 3 nitrogen and oxygen atoms in total. The van der Waals surface area contributed by atoms with Crippen LogP contribution in [0.15, 0.2) is 18.2 Å². The van der Waals surface area contributed by atoms with Crippen LogP contribution in [0.3, 0.4) is 0 Å². The summed E-state index contributed by atoms with van der Waals surface area (Å²) in [5.41, 5.74) is 1.66. The van der Waals surface area contributed by atoms with Gasteiger partial charge in [0, 0.05) is 24.5 Å². The van der Waals surface area contributed by atoms with E-state index in [2.05, 4.69) is 0 Å². The fourth-order valence-electron chi connectivity index (χ4n) is 1.65. The second kappa shape index (κ2) is 6.64. The molecule has 0 spiro atoms. The molecule has 0 N–H and O–H groups in total. The van der Waals surface area contributed by atoms with Gasteiger partial charge in [-0.25, -0.2) is 0 Å². The van der Waals surface area contributed by atoms with Gasteiger partial charge < -0.3 is 9.64 Å². The number of methoxy groups -OCH3 is 1. The standard InChI is InChI=1S/C14H20ClNO2/c1-10-5-6-12(9-13(10)18-4)14(17)16(3)8-7-11(2)15/h5-6,9,11H,7-8H2,1-4H3. The molecule has 1 aromatic carbocycles. The monoisotopic (exact) mass is 269 g/mol. The minimum absolute atomic E-state index is 0.00869. The van der Waals surface area contributed by atoms with Crippen molar-refractivity contribution in [1.82, 2.24) is 4.90 Å². The molecule has 0 aliphatic carbocycles. The lowest BCUT2D eigenvalue weighted by Crippen LogP contribution is -2.28. The van der Waals surface area contributed by atoms with Gasteiger partial charge >= 0.3 is 0 Å². The number of alkyl halides is 1. The average molecular weight is 270 g/mol. The minimum atomic E-state index is -0.00869. The van der Waals surface area contributed by atoms with Gasteiger partial charge in [0.25, 0.3) is 5.91 Å². The summed E-state index contributed by atoms with van der Waals surface area (Å²) < 4.78 is 5.22. The van der Waals surface area contributed by atoms with Crippen LogP contribution in [0.5, 0.6) is 5.75 Å². The summed E-state index contributed by atoms with van der Waals surface area (Å²) in [4.78, 5) is 13.8. The Morgan fingerprint density at radius 3 is 2.72 bits per heavy atom. The third kappa shape index (κ3) is 3.91. The zero-order valence-electron chi connectivity index (χ0n) is 11.4. The van der Waals surface area contributed by atoms with Crippen molar-refractivity contribution in [2.24, 2.45) is 0 Å². The van der Waals surface area contributed by atoms with E-state index in [4.69, 9.17) is 16.3 Å². The van der Waals surface area contributed by atoms with Crippen molar-refractivity contribution in [2.75, 3.05) is 20.7 Å². The van der Waals surface area contributed by atoms with Crippen LogP contribution in [-0.4, -0.2) is 36.9 Å². The highest BCUT2D eigenvalue weighted by Crippen LogP contribution is 2.20. The van der Waals surface area contributed by atoms with Crippen molar-refractivity contribution < 1.29 is 9.53 Å². The predicted molar refractivity (Wildman–Crippen MR) is 74.6 cm³/mol. The van der Waals surface area contributed by atoms with Crippen molar-refractivity contribution in [2.45, 2.75) is 25.6 Å². The van der Waals surface area contributed by atoms with Gasteiger partial charge in [-0.2, -0.15) is 0 Å². The summed E-state index contributed by atoms with van der Waals surface area (Å²) in [5, 5.41) is 0.0767. The molecule has 1 rings (SSSR count). The second-order valence-electron chi connectivity index (χ2n) is 4.48. The largest absolute Gasteiger partial charge is 0.496 e. The summed E-state index contributed by atoms with van der Waals surface area (Å²) >= 11 is 5.88. The number of benzene rings is 1. The summed E-state index contributed by atoms with van der Waals surface area (Å²) in [7, 11) is 3.39. The molecule has 0 aliphatic heterocycles. The highest BCUT2D eigenvalue weighted by Gasteiger charge is 2.13. The van der Waals surface area contributed by atoms with E-state index >= 15 is 0 Å². The number of rotatable bonds is 5. The average Bonchev–Trinajstić information content (AvgIpc) is 2.35. The van der Waals surface area contributed by atoms with Crippen molar-refractivity contribution in [1.29, 1.82) is 0 Å². The zero-order valence-corrected chi connectivity index (χ0v) is 12.1.